The third-order valence-corrected chi connectivity index (χ3v) is 3.03. The van der Waals surface area contributed by atoms with E-state index in [1.807, 2.05) is 0 Å². The SMILES string of the molecule is Fc1c(CCl)cccc1-c1ccc(C(F)(F)F)cc1. The lowest BCUT2D eigenvalue weighted by Gasteiger charge is -2.09. The Hall–Kier alpha value is -1.55. The average molecular weight is 289 g/mol. The van der Waals surface area contributed by atoms with E-state index in [0.29, 0.717) is 11.1 Å². The van der Waals surface area contributed by atoms with Gasteiger partial charge in [-0.2, -0.15) is 13.2 Å². The molecule has 0 bridgehead atoms. The van der Waals surface area contributed by atoms with Gasteiger partial charge in [0.25, 0.3) is 0 Å². The summed E-state index contributed by atoms with van der Waals surface area (Å²) < 4.78 is 51.3. The molecule has 0 atom stereocenters. The molecule has 0 nitrogen and oxygen atoms in total. The first-order valence-electron chi connectivity index (χ1n) is 5.44. The lowest BCUT2D eigenvalue weighted by Crippen LogP contribution is -2.04. The van der Waals surface area contributed by atoms with Crippen molar-refractivity contribution >= 4 is 11.6 Å². The average Bonchev–Trinajstić information content (AvgIpc) is 2.38. The zero-order valence-electron chi connectivity index (χ0n) is 9.64. The predicted octanol–water partition coefficient (Wildman–Crippen LogP) is 5.25. The van der Waals surface area contributed by atoms with E-state index in [1.165, 1.54) is 24.3 Å². The highest BCUT2D eigenvalue weighted by Gasteiger charge is 2.30. The van der Waals surface area contributed by atoms with Gasteiger partial charge in [0.05, 0.1) is 11.4 Å². The highest BCUT2D eigenvalue weighted by molar-refractivity contribution is 6.17. The van der Waals surface area contributed by atoms with E-state index in [4.69, 9.17) is 11.6 Å². The van der Waals surface area contributed by atoms with Gasteiger partial charge in [-0.05, 0) is 17.7 Å². The first-order chi connectivity index (χ1) is 8.93. The largest absolute Gasteiger partial charge is 0.416 e. The van der Waals surface area contributed by atoms with Crippen LogP contribution in [0.5, 0.6) is 0 Å². The molecule has 0 aliphatic carbocycles. The van der Waals surface area contributed by atoms with Crippen molar-refractivity contribution in [2.24, 2.45) is 0 Å². The Balaban J connectivity index is 2.43. The molecular formula is C14H9ClF4. The molecule has 19 heavy (non-hydrogen) atoms. The summed E-state index contributed by atoms with van der Waals surface area (Å²) >= 11 is 5.59. The Bertz CT molecular complexity index is 573. The quantitative estimate of drug-likeness (QED) is 0.523. The number of halogens is 5. The molecule has 2 aromatic carbocycles. The molecule has 100 valence electrons. The van der Waals surface area contributed by atoms with Crippen LogP contribution < -0.4 is 0 Å². The first-order valence-corrected chi connectivity index (χ1v) is 5.98. The summed E-state index contributed by atoms with van der Waals surface area (Å²) in [5, 5.41) is 0. The standard InChI is InChI=1S/C14H9ClF4/c15-8-10-2-1-3-12(13(10)16)9-4-6-11(7-5-9)14(17,18)19/h1-7H,8H2. The molecule has 0 fully saturated rings. The molecule has 5 heteroatoms. The summed E-state index contributed by atoms with van der Waals surface area (Å²) in [5.74, 6) is -0.488. The molecule has 0 spiro atoms. The fourth-order valence-corrected chi connectivity index (χ4v) is 1.95. The van der Waals surface area contributed by atoms with Gasteiger partial charge in [-0.25, -0.2) is 4.39 Å². The van der Waals surface area contributed by atoms with Crippen LogP contribution >= 0.6 is 11.6 Å². The van der Waals surface area contributed by atoms with Crippen molar-refractivity contribution < 1.29 is 17.6 Å². The van der Waals surface area contributed by atoms with Crippen LogP contribution in [0.2, 0.25) is 0 Å². The van der Waals surface area contributed by atoms with Crippen LogP contribution in [-0.2, 0) is 12.1 Å². The molecule has 0 amide bonds. The van der Waals surface area contributed by atoms with Gasteiger partial charge >= 0.3 is 6.18 Å². The van der Waals surface area contributed by atoms with E-state index >= 15 is 0 Å². The molecule has 0 saturated heterocycles. The number of benzene rings is 2. The number of hydrogen-bond donors (Lipinski definition) is 0. The minimum Gasteiger partial charge on any atom is -0.206 e. The van der Waals surface area contributed by atoms with Crippen molar-refractivity contribution in [3.05, 3.63) is 59.4 Å². The molecule has 0 aromatic heterocycles. The summed E-state index contributed by atoms with van der Waals surface area (Å²) in [6.45, 7) is 0. The molecule has 0 aliphatic rings. The fourth-order valence-electron chi connectivity index (χ4n) is 1.74. The fraction of sp³-hybridized carbons (Fsp3) is 0.143. The maximum absolute atomic E-state index is 14.0. The molecule has 0 N–H and O–H groups in total. The van der Waals surface area contributed by atoms with Crippen LogP contribution in [0.1, 0.15) is 11.1 Å². The number of hydrogen-bond acceptors (Lipinski definition) is 0. The summed E-state index contributed by atoms with van der Waals surface area (Å²) in [6.07, 6.45) is -4.39. The first kappa shape index (κ1) is 13.9. The zero-order chi connectivity index (χ0) is 14.0. The second-order valence-corrected chi connectivity index (χ2v) is 4.25. The van der Waals surface area contributed by atoms with Crippen LogP contribution in [0, 0.1) is 5.82 Å². The molecular weight excluding hydrogens is 280 g/mol. The highest BCUT2D eigenvalue weighted by atomic mass is 35.5. The van der Waals surface area contributed by atoms with Crippen molar-refractivity contribution in [3.63, 3.8) is 0 Å². The monoisotopic (exact) mass is 288 g/mol. The molecule has 0 aliphatic heterocycles. The van der Waals surface area contributed by atoms with Gasteiger partial charge in [0.1, 0.15) is 5.82 Å². The van der Waals surface area contributed by atoms with Crippen LogP contribution in [0.3, 0.4) is 0 Å². The van der Waals surface area contributed by atoms with Crippen molar-refractivity contribution in [2.75, 3.05) is 0 Å². The van der Waals surface area contributed by atoms with Gasteiger partial charge in [-0.1, -0.05) is 30.3 Å². The Kier molecular flexibility index (Phi) is 3.80. The predicted molar refractivity (Wildman–Crippen MR) is 66.4 cm³/mol. The minimum absolute atomic E-state index is 0.0142. The third kappa shape index (κ3) is 2.89. The smallest absolute Gasteiger partial charge is 0.206 e. The van der Waals surface area contributed by atoms with E-state index in [1.54, 1.807) is 6.07 Å². The van der Waals surface area contributed by atoms with E-state index in [-0.39, 0.29) is 11.4 Å². The Morgan fingerprint density at radius 1 is 0.947 bits per heavy atom. The lowest BCUT2D eigenvalue weighted by atomic mass is 10.0. The topological polar surface area (TPSA) is 0 Å². The Labute approximate surface area is 112 Å². The molecule has 0 unspecified atom stereocenters. The number of alkyl halides is 4. The van der Waals surface area contributed by atoms with Gasteiger partial charge in [-0.3, -0.25) is 0 Å². The molecule has 0 heterocycles. The lowest BCUT2D eigenvalue weighted by molar-refractivity contribution is -0.137. The molecule has 2 rings (SSSR count). The van der Waals surface area contributed by atoms with Crippen molar-refractivity contribution in [3.8, 4) is 11.1 Å². The molecule has 0 saturated carbocycles. The maximum Gasteiger partial charge on any atom is 0.416 e. The van der Waals surface area contributed by atoms with Gasteiger partial charge in [0.2, 0.25) is 0 Å². The van der Waals surface area contributed by atoms with E-state index in [2.05, 4.69) is 0 Å². The van der Waals surface area contributed by atoms with E-state index < -0.39 is 17.6 Å². The van der Waals surface area contributed by atoms with Crippen molar-refractivity contribution in [2.45, 2.75) is 12.1 Å². The second-order valence-electron chi connectivity index (χ2n) is 3.99. The summed E-state index contributed by atoms with van der Waals surface area (Å²) in [5.41, 5.74) is 0.188. The van der Waals surface area contributed by atoms with E-state index in [0.717, 1.165) is 12.1 Å². The van der Waals surface area contributed by atoms with Crippen molar-refractivity contribution in [1.82, 2.24) is 0 Å². The van der Waals surface area contributed by atoms with Gasteiger partial charge in [0.15, 0.2) is 0 Å². The zero-order valence-corrected chi connectivity index (χ0v) is 10.4. The van der Waals surface area contributed by atoms with Crippen LogP contribution in [0.15, 0.2) is 42.5 Å². The van der Waals surface area contributed by atoms with Crippen molar-refractivity contribution in [1.29, 1.82) is 0 Å². The summed E-state index contributed by atoms with van der Waals surface area (Å²) in [7, 11) is 0. The Morgan fingerprint density at radius 2 is 1.58 bits per heavy atom. The van der Waals surface area contributed by atoms with Gasteiger partial charge in [-0.15, -0.1) is 11.6 Å². The van der Waals surface area contributed by atoms with E-state index in [9.17, 15) is 17.6 Å². The van der Waals surface area contributed by atoms with Crippen LogP contribution in [0.4, 0.5) is 17.6 Å². The van der Waals surface area contributed by atoms with Gasteiger partial charge < -0.3 is 0 Å². The Morgan fingerprint density at radius 3 is 2.11 bits per heavy atom. The minimum atomic E-state index is -4.39. The normalized spacial score (nSPS) is 11.6. The second kappa shape index (κ2) is 5.21. The van der Waals surface area contributed by atoms with Crippen LogP contribution in [-0.4, -0.2) is 0 Å². The number of rotatable bonds is 2. The third-order valence-electron chi connectivity index (χ3n) is 2.75. The van der Waals surface area contributed by atoms with Gasteiger partial charge in [0, 0.05) is 11.1 Å². The summed E-state index contributed by atoms with van der Waals surface area (Å²) in [4.78, 5) is 0. The molecule has 0 radical (unpaired) electrons. The van der Waals surface area contributed by atoms with Crippen LogP contribution in [0.25, 0.3) is 11.1 Å². The molecule has 2 aromatic rings. The highest BCUT2D eigenvalue weighted by Crippen LogP contribution is 2.32. The summed E-state index contributed by atoms with van der Waals surface area (Å²) in [6, 6.07) is 9.03. The maximum atomic E-state index is 14.0.